The van der Waals surface area contributed by atoms with Crippen molar-refractivity contribution in [2.45, 2.75) is 31.7 Å². The summed E-state index contributed by atoms with van der Waals surface area (Å²) in [5.41, 5.74) is 7.53. The van der Waals surface area contributed by atoms with Crippen molar-refractivity contribution in [3.63, 3.8) is 0 Å². The van der Waals surface area contributed by atoms with E-state index in [-0.39, 0.29) is 23.5 Å². The Morgan fingerprint density at radius 3 is 2.65 bits per heavy atom. The predicted molar refractivity (Wildman–Crippen MR) is 87.6 cm³/mol. The molecule has 0 bridgehead atoms. The van der Waals surface area contributed by atoms with E-state index in [2.05, 4.69) is 11.1 Å². The lowest BCUT2D eigenvalue weighted by Crippen LogP contribution is -2.42. The van der Waals surface area contributed by atoms with Gasteiger partial charge >= 0.3 is 0 Å². The third-order valence-electron chi connectivity index (χ3n) is 4.01. The second kappa shape index (κ2) is 7.47. The fourth-order valence-electron chi connectivity index (χ4n) is 2.68. The zero-order valence-corrected chi connectivity index (χ0v) is 14.2. The average Bonchev–Trinajstić information content (AvgIpc) is 2.52. The van der Waals surface area contributed by atoms with Gasteiger partial charge in [0.05, 0.1) is 11.3 Å². The summed E-state index contributed by atoms with van der Waals surface area (Å²) in [4.78, 5) is 29.6. The van der Waals surface area contributed by atoms with Crippen molar-refractivity contribution in [3.05, 3.63) is 22.9 Å². The first-order valence-electron chi connectivity index (χ1n) is 7.50. The van der Waals surface area contributed by atoms with E-state index in [1.807, 2.05) is 19.9 Å². The molecule has 0 atom stereocenters. The zero-order valence-electron chi connectivity index (χ0n) is 13.3. The Labute approximate surface area is 140 Å². The van der Waals surface area contributed by atoms with Crippen LogP contribution in [0.3, 0.4) is 0 Å². The lowest BCUT2D eigenvalue weighted by atomic mass is 9.96. The number of thioether (sulfide) groups is 1. The molecule has 0 radical (unpaired) electrons. The highest BCUT2D eigenvalue weighted by molar-refractivity contribution is 8.00. The number of carbonyl (C=O) groups is 2. The number of primary amides is 1. The lowest BCUT2D eigenvalue weighted by Gasteiger charge is -2.30. The van der Waals surface area contributed by atoms with Crippen LogP contribution in [0.25, 0.3) is 0 Å². The van der Waals surface area contributed by atoms with Crippen molar-refractivity contribution in [3.8, 4) is 6.07 Å². The summed E-state index contributed by atoms with van der Waals surface area (Å²) >= 11 is 1.29. The topological polar surface area (TPSA) is 100 Å². The number of carbonyl (C=O) groups excluding carboxylic acids is 2. The molecule has 1 aliphatic heterocycles. The highest BCUT2D eigenvalue weighted by atomic mass is 32.2. The maximum atomic E-state index is 12.3. The summed E-state index contributed by atoms with van der Waals surface area (Å²) in [7, 11) is 0. The van der Waals surface area contributed by atoms with E-state index in [4.69, 9.17) is 5.73 Å². The maximum absolute atomic E-state index is 12.3. The number of aromatic nitrogens is 1. The van der Waals surface area contributed by atoms with Crippen LogP contribution < -0.4 is 5.73 Å². The third-order valence-corrected chi connectivity index (χ3v) is 4.97. The van der Waals surface area contributed by atoms with Crippen LogP contribution in [0.4, 0.5) is 0 Å². The number of nitrogens with two attached hydrogens (primary N) is 1. The van der Waals surface area contributed by atoms with Gasteiger partial charge in [-0.1, -0.05) is 11.8 Å². The quantitative estimate of drug-likeness (QED) is 0.840. The minimum absolute atomic E-state index is 0.00256. The van der Waals surface area contributed by atoms with E-state index in [1.54, 1.807) is 4.90 Å². The lowest BCUT2D eigenvalue weighted by molar-refractivity contribution is -0.132. The molecule has 1 aromatic heterocycles. The molecule has 2 amide bonds. The van der Waals surface area contributed by atoms with Gasteiger partial charge in [-0.3, -0.25) is 9.59 Å². The molecule has 0 spiro atoms. The Morgan fingerprint density at radius 2 is 2.09 bits per heavy atom. The molecular formula is C16H20N4O2S. The molecule has 2 N–H and O–H groups in total. The summed E-state index contributed by atoms with van der Waals surface area (Å²) in [6.45, 7) is 4.85. The third kappa shape index (κ3) is 4.23. The molecule has 1 saturated heterocycles. The molecule has 0 saturated carbocycles. The first-order valence-corrected chi connectivity index (χ1v) is 8.49. The van der Waals surface area contributed by atoms with Crippen LogP contribution >= 0.6 is 11.8 Å². The number of nitrogens with zero attached hydrogens (tertiary/aromatic N) is 3. The minimum Gasteiger partial charge on any atom is -0.369 e. The summed E-state index contributed by atoms with van der Waals surface area (Å²) < 4.78 is 0. The molecule has 0 aliphatic carbocycles. The van der Waals surface area contributed by atoms with Gasteiger partial charge in [-0.2, -0.15) is 5.26 Å². The smallest absolute Gasteiger partial charge is 0.232 e. The number of pyridine rings is 1. The van der Waals surface area contributed by atoms with Gasteiger partial charge in [-0.05, 0) is 38.3 Å². The van der Waals surface area contributed by atoms with E-state index < -0.39 is 0 Å². The maximum Gasteiger partial charge on any atom is 0.232 e. The second-order valence-corrected chi connectivity index (χ2v) is 6.68. The molecule has 122 valence electrons. The number of amides is 2. The fourth-order valence-corrected chi connectivity index (χ4v) is 3.68. The largest absolute Gasteiger partial charge is 0.369 e. The molecule has 6 nitrogen and oxygen atoms in total. The van der Waals surface area contributed by atoms with Crippen LogP contribution in [0.5, 0.6) is 0 Å². The van der Waals surface area contributed by atoms with Crippen molar-refractivity contribution >= 4 is 23.6 Å². The van der Waals surface area contributed by atoms with E-state index in [0.717, 1.165) is 11.3 Å². The van der Waals surface area contributed by atoms with E-state index in [0.29, 0.717) is 36.5 Å². The molecule has 23 heavy (non-hydrogen) atoms. The molecule has 2 rings (SSSR count). The van der Waals surface area contributed by atoms with Crippen LogP contribution in [0, 0.1) is 31.1 Å². The normalized spacial score (nSPS) is 15.3. The van der Waals surface area contributed by atoms with E-state index >= 15 is 0 Å². The first-order chi connectivity index (χ1) is 10.9. The predicted octanol–water partition coefficient (Wildman–Crippen LogP) is 1.39. The van der Waals surface area contributed by atoms with Gasteiger partial charge in [0.2, 0.25) is 11.8 Å². The Hall–Kier alpha value is -2.07. The molecule has 1 aromatic rings. The second-order valence-electron chi connectivity index (χ2n) is 5.72. The van der Waals surface area contributed by atoms with Crippen LogP contribution in [0.2, 0.25) is 0 Å². The number of aryl methyl sites for hydroxylation is 2. The molecule has 2 heterocycles. The van der Waals surface area contributed by atoms with Crippen LogP contribution in [-0.4, -0.2) is 40.5 Å². The summed E-state index contributed by atoms with van der Waals surface area (Å²) in [6, 6.07) is 4.01. The van der Waals surface area contributed by atoms with Crippen molar-refractivity contribution in [2.24, 2.45) is 11.7 Å². The number of hydrogen-bond donors (Lipinski definition) is 1. The first kappa shape index (κ1) is 17.3. The SMILES string of the molecule is Cc1cc(C)c(C#N)c(SCC(=O)N2CCC(C(N)=O)CC2)n1. The van der Waals surface area contributed by atoms with Crippen molar-refractivity contribution < 1.29 is 9.59 Å². The van der Waals surface area contributed by atoms with Gasteiger partial charge in [0.1, 0.15) is 11.1 Å². The highest BCUT2D eigenvalue weighted by Gasteiger charge is 2.26. The summed E-state index contributed by atoms with van der Waals surface area (Å²) in [5, 5.41) is 9.85. The molecular weight excluding hydrogens is 312 g/mol. The van der Waals surface area contributed by atoms with Gasteiger partial charge in [0.25, 0.3) is 0 Å². The van der Waals surface area contributed by atoms with Gasteiger partial charge in [0.15, 0.2) is 0 Å². The number of nitriles is 1. The highest BCUT2D eigenvalue weighted by Crippen LogP contribution is 2.25. The van der Waals surface area contributed by atoms with E-state index in [9.17, 15) is 14.9 Å². The zero-order chi connectivity index (χ0) is 17.0. The van der Waals surface area contributed by atoms with Crippen LogP contribution in [0.15, 0.2) is 11.1 Å². The Bertz CT molecular complexity index is 661. The summed E-state index contributed by atoms with van der Waals surface area (Å²) in [6.07, 6.45) is 1.24. The number of rotatable bonds is 4. The molecule has 1 fully saturated rings. The summed E-state index contributed by atoms with van der Waals surface area (Å²) in [5.74, 6) is -0.170. The van der Waals surface area contributed by atoms with Crippen molar-refractivity contribution in [2.75, 3.05) is 18.8 Å². The Kier molecular flexibility index (Phi) is 5.61. The van der Waals surface area contributed by atoms with Crippen LogP contribution in [-0.2, 0) is 9.59 Å². The number of piperidine rings is 1. The van der Waals surface area contributed by atoms with E-state index in [1.165, 1.54) is 11.8 Å². The monoisotopic (exact) mass is 332 g/mol. The Morgan fingerprint density at radius 1 is 1.43 bits per heavy atom. The Balaban J connectivity index is 1.96. The minimum atomic E-state index is -0.287. The van der Waals surface area contributed by atoms with Crippen molar-refractivity contribution in [1.82, 2.24) is 9.88 Å². The standard InChI is InChI=1S/C16H20N4O2S/c1-10-7-11(2)19-16(13(10)8-17)23-9-14(21)20-5-3-12(4-6-20)15(18)22/h7,12H,3-6,9H2,1-2H3,(H2,18,22). The van der Waals surface area contributed by atoms with Gasteiger partial charge < -0.3 is 10.6 Å². The van der Waals surface area contributed by atoms with Gasteiger partial charge in [-0.15, -0.1) is 0 Å². The molecule has 0 aromatic carbocycles. The van der Waals surface area contributed by atoms with Gasteiger partial charge in [0, 0.05) is 24.7 Å². The number of likely N-dealkylation sites (tertiary alicyclic amines) is 1. The fraction of sp³-hybridized carbons (Fsp3) is 0.500. The molecule has 0 unspecified atom stereocenters. The van der Waals surface area contributed by atoms with Crippen LogP contribution in [0.1, 0.15) is 29.7 Å². The molecule has 7 heteroatoms. The van der Waals surface area contributed by atoms with Crippen molar-refractivity contribution in [1.29, 1.82) is 5.26 Å². The average molecular weight is 332 g/mol. The molecule has 1 aliphatic rings. The van der Waals surface area contributed by atoms with Gasteiger partial charge in [-0.25, -0.2) is 4.98 Å². The number of hydrogen-bond acceptors (Lipinski definition) is 5.